The Bertz CT molecular complexity index is 272. The average molecular weight is 174 g/mol. The molecule has 0 heterocycles. The molecule has 0 aromatic heterocycles. The van der Waals surface area contributed by atoms with E-state index >= 15 is 0 Å². The van der Waals surface area contributed by atoms with Crippen LogP contribution in [0.4, 0.5) is 0 Å². The number of carbonyl (C=O) groups is 1. The molecule has 3 heteroatoms. The third-order valence-corrected chi connectivity index (χ3v) is 1.94. The first-order valence-corrected chi connectivity index (χ1v) is 4.18. The smallest absolute Gasteiger partial charge is 0.167 e. The minimum Gasteiger partial charge on any atom is -0.396 e. The van der Waals surface area contributed by atoms with E-state index in [1.54, 1.807) is 0 Å². The van der Waals surface area contributed by atoms with Crippen molar-refractivity contribution in [3.8, 4) is 0 Å². The van der Waals surface area contributed by atoms with E-state index in [0.29, 0.717) is 0 Å². The normalized spacial score (nSPS) is 12.4. The van der Waals surface area contributed by atoms with Crippen LogP contribution < -0.4 is 0 Å². The molecule has 1 rings (SSSR count). The summed E-state index contributed by atoms with van der Waals surface area (Å²) in [6.07, 6.45) is 0.195. The average Bonchev–Trinajstić information content (AvgIpc) is 2.15. The van der Waals surface area contributed by atoms with Gasteiger partial charge in [0.2, 0.25) is 0 Å². The number of aliphatic hydroxyl groups is 1. The molecule has 0 spiro atoms. The zero-order chi connectivity index (χ0) is 9.68. The molecule has 0 fully saturated rings. The van der Waals surface area contributed by atoms with E-state index in [9.17, 15) is 4.79 Å². The van der Waals surface area contributed by atoms with E-state index in [4.69, 9.17) is 13.0 Å². The Morgan fingerprint density at radius 1 is 1.38 bits per heavy atom. The molecule has 0 unspecified atom stereocenters. The highest BCUT2D eigenvalue weighted by Gasteiger charge is 2.11. The number of hydrogen-bond acceptors (Lipinski definition) is 2. The summed E-state index contributed by atoms with van der Waals surface area (Å²) in [5.74, 6) is -0.168. The minimum absolute atomic E-state index is 0.0487. The summed E-state index contributed by atoms with van der Waals surface area (Å²) in [6, 6.07) is 9.40. The SMILES string of the molecule is [B]C(=O)C[C@@H](CO)c1ccccc1. The van der Waals surface area contributed by atoms with Crippen LogP contribution in [0.5, 0.6) is 0 Å². The largest absolute Gasteiger partial charge is 0.396 e. The molecular weight excluding hydrogens is 163 g/mol. The van der Waals surface area contributed by atoms with E-state index in [-0.39, 0.29) is 24.6 Å². The molecule has 0 saturated carbocycles. The van der Waals surface area contributed by atoms with E-state index in [1.165, 1.54) is 0 Å². The quantitative estimate of drug-likeness (QED) is 0.687. The fraction of sp³-hybridized carbons (Fsp3) is 0.300. The lowest BCUT2D eigenvalue weighted by Gasteiger charge is -2.12. The molecule has 1 atom stereocenters. The maximum Gasteiger partial charge on any atom is 0.167 e. The van der Waals surface area contributed by atoms with Crippen molar-refractivity contribution in [1.82, 2.24) is 0 Å². The monoisotopic (exact) mass is 174 g/mol. The molecule has 1 aromatic carbocycles. The molecule has 1 aromatic rings. The van der Waals surface area contributed by atoms with Crippen molar-refractivity contribution in [3.63, 3.8) is 0 Å². The van der Waals surface area contributed by atoms with E-state index in [1.807, 2.05) is 30.3 Å². The summed E-state index contributed by atoms with van der Waals surface area (Å²) in [7, 11) is 5.06. The summed E-state index contributed by atoms with van der Waals surface area (Å²) in [5.41, 5.74) is 0.562. The second-order valence-electron chi connectivity index (χ2n) is 2.96. The van der Waals surface area contributed by atoms with Crippen LogP contribution in [0.3, 0.4) is 0 Å². The molecule has 66 valence electrons. The second-order valence-corrected chi connectivity index (χ2v) is 2.96. The van der Waals surface area contributed by atoms with E-state index in [2.05, 4.69) is 0 Å². The van der Waals surface area contributed by atoms with Crippen LogP contribution >= 0.6 is 0 Å². The van der Waals surface area contributed by atoms with Gasteiger partial charge in [-0.25, -0.2) is 0 Å². The van der Waals surface area contributed by atoms with Crippen molar-refractivity contribution in [2.75, 3.05) is 6.61 Å². The molecule has 0 aliphatic heterocycles. The van der Waals surface area contributed by atoms with Crippen molar-refractivity contribution in [3.05, 3.63) is 35.9 Å². The van der Waals surface area contributed by atoms with Gasteiger partial charge in [0.1, 0.15) is 0 Å². The van der Waals surface area contributed by atoms with Gasteiger partial charge in [-0.05, 0) is 5.56 Å². The molecule has 2 radical (unpaired) electrons. The Labute approximate surface area is 79.0 Å². The third-order valence-electron chi connectivity index (χ3n) is 1.94. The summed E-state index contributed by atoms with van der Waals surface area (Å²) < 4.78 is 0. The lowest BCUT2D eigenvalue weighted by Crippen LogP contribution is -2.10. The van der Waals surface area contributed by atoms with Crippen LogP contribution in [0.1, 0.15) is 17.9 Å². The number of aliphatic hydroxyl groups excluding tert-OH is 1. The molecule has 0 saturated heterocycles. The second kappa shape index (κ2) is 4.82. The highest BCUT2D eigenvalue weighted by atomic mass is 16.3. The first-order valence-electron chi connectivity index (χ1n) is 4.18. The summed E-state index contributed by atoms with van der Waals surface area (Å²) in [5, 5.41) is 9.02. The summed E-state index contributed by atoms with van der Waals surface area (Å²) in [4.78, 5) is 10.7. The highest BCUT2D eigenvalue weighted by Crippen LogP contribution is 2.18. The number of hydrogen-bond donors (Lipinski definition) is 1. The maximum absolute atomic E-state index is 10.7. The molecule has 0 bridgehead atoms. The summed E-state index contributed by atoms with van der Waals surface area (Å²) >= 11 is 0. The molecule has 13 heavy (non-hydrogen) atoms. The fourth-order valence-corrected chi connectivity index (χ4v) is 1.26. The molecular formula is C10H11BO2. The molecule has 0 amide bonds. The molecule has 0 aliphatic carbocycles. The number of benzene rings is 1. The predicted molar refractivity (Wildman–Crippen MR) is 51.6 cm³/mol. The van der Waals surface area contributed by atoms with E-state index < -0.39 is 0 Å². The lowest BCUT2D eigenvalue weighted by atomic mass is 9.88. The van der Waals surface area contributed by atoms with Crippen molar-refractivity contribution in [2.24, 2.45) is 0 Å². The van der Waals surface area contributed by atoms with Crippen molar-refractivity contribution in [1.29, 1.82) is 0 Å². The van der Waals surface area contributed by atoms with Gasteiger partial charge in [-0.3, -0.25) is 0 Å². The standard InChI is InChI=1S/C10H11BO2/c11-10(13)6-9(7-12)8-4-2-1-3-5-8/h1-5,9,12H,6-7H2/t9-/m0/s1. The van der Waals surface area contributed by atoms with Gasteiger partial charge in [0.15, 0.2) is 7.85 Å². The highest BCUT2D eigenvalue weighted by molar-refractivity contribution is 6.57. The zero-order valence-electron chi connectivity index (χ0n) is 7.31. The summed E-state index contributed by atoms with van der Waals surface area (Å²) in [6.45, 7) is -0.0487. The molecule has 1 N–H and O–H groups in total. The van der Waals surface area contributed by atoms with Crippen LogP contribution in [0.2, 0.25) is 0 Å². The van der Waals surface area contributed by atoms with Crippen LogP contribution in [-0.4, -0.2) is 25.2 Å². The van der Waals surface area contributed by atoms with Gasteiger partial charge >= 0.3 is 0 Å². The minimum atomic E-state index is -0.386. The van der Waals surface area contributed by atoms with Gasteiger partial charge in [-0.1, -0.05) is 30.3 Å². The maximum atomic E-state index is 10.7. The first kappa shape index (κ1) is 10.00. The van der Waals surface area contributed by atoms with Crippen LogP contribution in [-0.2, 0) is 4.79 Å². The Morgan fingerprint density at radius 2 is 2.00 bits per heavy atom. The van der Waals surface area contributed by atoms with Gasteiger partial charge in [-0.2, -0.15) is 0 Å². The Kier molecular flexibility index (Phi) is 3.71. The van der Waals surface area contributed by atoms with Gasteiger partial charge in [-0.15, -0.1) is 0 Å². The first-order chi connectivity index (χ1) is 6.24. The van der Waals surface area contributed by atoms with Crippen molar-refractivity contribution >= 4 is 13.5 Å². The van der Waals surface area contributed by atoms with Crippen LogP contribution in [0.15, 0.2) is 30.3 Å². The van der Waals surface area contributed by atoms with Gasteiger partial charge in [0.25, 0.3) is 0 Å². The Morgan fingerprint density at radius 3 is 2.46 bits per heavy atom. The van der Waals surface area contributed by atoms with Crippen LogP contribution in [0, 0.1) is 0 Å². The topological polar surface area (TPSA) is 37.3 Å². The van der Waals surface area contributed by atoms with Gasteiger partial charge < -0.3 is 9.90 Å². The van der Waals surface area contributed by atoms with Gasteiger partial charge in [0.05, 0.1) is 12.3 Å². The van der Waals surface area contributed by atoms with Crippen molar-refractivity contribution < 1.29 is 9.90 Å². The van der Waals surface area contributed by atoms with Crippen molar-refractivity contribution in [2.45, 2.75) is 12.3 Å². The predicted octanol–water partition coefficient (Wildman–Crippen LogP) is 0.848. The fourth-order valence-electron chi connectivity index (χ4n) is 1.26. The number of carbonyl (C=O) groups excluding carboxylic acids is 1. The zero-order valence-corrected chi connectivity index (χ0v) is 7.31. The molecule has 0 aliphatic rings. The van der Waals surface area contributed by atoms with E-state index in [0.717, 1.165) is 5.56 Å². The molecule has 2 nitrogen and oxygen atoms in total. The van der Waals surface area contributed by atoms with Crippen LogP contribution in [0.25, 0.3) is 0 Å². The third kappa shape index (κ3) is 3.03. The van der Waals surface area contributed by atoms with Gasteiger partial charge in [0, 0.05) is 12.3 Å². The Balaban J connectivity index is 2.73. The lowest BCUT2D eigenvalue weighted by molar-refractivity contribution is -0.112. The Hall–Kier alpha value is -1.09. The number of rotatable bonds is 4.